The highest BCUT2D eigenvalue weighted by atomic mass is 35.5. The number of carboxylic acid groups (broad SMARTS) is 1. The Morgan fingerprint density at radius 1 is 1.05 bits per heavy atom. The smallest absolute Gasteiger partial charge is 0.329 e. The number of halogens is 2. The lowest BCUT2D eigenvalue weighted by Crippen LogP contribution is -2.53. The third-order valence-corrected chi connectivity index (χ3v) is 13.7. The maximum absolute atomic E-state index is 13.6. The van der Waals surface area contributed by atoms with Crippen LogP contribution >= 0.6 is 11.6 Å². The van der Waals surface area contributed by atoms with Crippen molar-refractivity contribution < 1.29 is 23.8 Å². The maximum atomic E-state index is 13.6. The lowest BCUT2D eigenvalue weighted by Gasteiger charge is -2.47. The van der Waals surface area contributed by atoms with Gasteiger partial charge in [0.2, 0.25) is 0 Å². The van der Waals surface area contributed by atoms with Crippen molar-refractivity contribution in [2.75, 3.05) is 32.1 Å². The Hall–Kier alpha value is -4.14. The largest absolute Gasteiger partial charge is 0.493 e. The van der Waals surface area contributed by atoms with Crippen molar-refractivity contribution in [1.29, 1.82) is 0 Å². The predicted molar refractivity (Wildman–Crippen MR) is 231 cm³/mol. The highest BCUT2D eigenvalue weighted by Crippen LogP contribution is 2.57. The molecule has 3 aliphatic carbocycles. The fraction of sp³-hybridized carbons (Fsp3) is 0.510. The highest BCUT2D eigenvalue weighted by Gasteiger charge is 2.54. The molecule has 1 unspecified atom stereocenters. The van der Waals surface area contributed by atoms with E-state index in [1.54, 1.807) is 18.2 Å². The number of carboxylic acids is 1. The van der Waals surface area contributed by atoms with E-state index in [2.05, 4.69) is 61.2 Å². The van der Waals surface area contributed by atoms with Gasteiger partial charge in [0.05, 0.1) is 12.7 Å². The molecule has 0 radical (unpaired) electrons. The summed E-state index contributed by atoms with van der Waals surface area (Å²) in [6, 6.07) is 22.9. The zero-order chi connectivity index (χ0) is 40.9. The molecule has 9 heteroatoms. The standard InChI is InChI=1S/C49H61ClFN3O4/c1-33(32-57-45-18-24-52-44-15-5-9-34(2)46(44)45)27-38-29-37-16-17-42(58-35(3)10-8-25-54(4)26-19-36-11-6-13-40(51)28-36)31-43(37)48(38)20-22-49(23-21-48,47(55)56)53-41-14-7-12-39(50)30-41/h6-7,11-14,16-18,24,28,30-31,33-35,38,53H,5,8-10,15,19-23,25-27,29,32H2,1-4H3,(H,55,56)/t33-,34-,35?,38+,48?,49?/m1/s1. The van der Waals surface area contributed by atoms with Crippen LogP contribution < -0.4 is 14.8 Å². The second-order valence-corrected chi connectivity index (χ2v) is 18.2. The Bertz CT molecular complexity index is 2030. The van der Waals surface area contributed by atoms with Gasteiger partial charge in [0.1, 0.15) is 22.9 Å². The molecule has 1 aromatic heterocycles. The number of benzene rings is 3. The van der Waals surface area contributed by atoms with Crippen LogP contribution in [-0.4, -0.2) is 59.3 Å². The number of rotatable bonds is 17. The molecule has 2 N–H and O–H groups in total. The van der Waals surface area contributed by atoms with Gasteiger partial charge in [0.15, 0.2) is 0 Å². The minimum Gasteiger partial charge on any atom is -0.493 e. The Morgan fingerprint density at radius 3 is 2.64 bits per heavy atom. The number of hydrogen-bond donors (Lipinski definition) is 2. The topological polar surface area (TPSA) is 83.9 Å². The van der Waals surface area contributed by atoms with Crippen molar-refractivity contribution in [3.8, 4) is 11.5 Å². The van der Waals surface area contributed by atoms with Gasteiger partial charge < -0.3 is 24.8 Å². The van der Waals surface area contributed by atoms with Gasteiger partial charge in [-0.2, -0.15) is 0 Å². The average Bonchev–Trinajstić information content (AvgIpc) is 3.48. The van der Waals surface area contributed by atoms with Gasteiger partial charge >= 0.3 is 5.97 Å². The van der Waals surface area contributed by atoms with Crippen molar-refractivity contribution in [3.05, 3.63) is 118 Å². The molecule has 310 valence electrons. The molecule has 0 amide bonds. The summed E-state index contributed by atoms with van der Waals surface area (Å²) in [7, 11) is 2.12. The van der Waals surface area contributed by atoms with Crippen LogP contribution in [0.5, 0.6) is 11.5 Å². The molecule has 0 bridgehead atoms. The summed E-state index contributed by atoms with van der Waals surface area (Å²) in [5, 5.41) is 14.7. The molecule has 1 spiro atoms. The Morgan fingerprint density at radius 2 is 1.86 bits per heavy atom. The van der Waals surface area contributed by atoms with Gasteiger partial charge in [-0.15, -0.1) is 0 Å². The second-order valence-electron chi connectivity index (χ2n) is 17.8. The van der Waals surface area contributed by atoms with Crippen molar-refractivity contribution in [3.63, 3.8) is 0 Å². The summed E-state index contributed by atoms with van der Waals surface area (Å²) < 4.78 is 26.9. The first-order valence-electron chi connectivity index (χ1n) is 21.5. The van der Waals surface area contributed by atoms with Gasteiger partial charge in [0.25, 0.3) is 0 Å². The molecule has 7 rings (SSSR count). The summed E-state index contributed by atoms with van der Waals surface area (Å²) in [6.07, 6.45) is 12.5. The first-order chi connectivity index (χ1) is 27.9. The van der Waals surface area contributed by atoms with E-state index in [1.165, 1.54) is 41.3 Å². The number of ether oxygens (including phenoxy) is 2. The normalized spacial score (nSPS) is 23.6. The molecule has 0 saturated heterocycles. The minimum atomic E-state index is -1.08. The molecule has 1 saturated carbocycles. The first kappa shape index (κ1) is 42.0. The van der Waals surface area contributed by atoms with Crippen molar-refractivity contribution in [2.24, 2.45) is 11.8 Å². The molecule has 58 heavy (non-hydrogen) atoms. The van der Waals surface area contributed by atoms with Gasteiger partial charge in [-0.1, -0.05) is 49.7 Å². The zero-order valence-corrected chi connectivity index (χ0v) is 35.5. The van der Waals surface area contributed by atoms with Crippen LogP contribution in [0.3, 0.4) is 0 Å². The number of pyridine rings is 1. The minimum absolute atomic E-state index is 0.0366. The van der Waals surface area contributed by atoms with E-state index in [9.17, 15) is 14.3 Å². The van der Waals surface area contributed by atoms with E-state index in [0.717, 1.165) is 87.2 Å². The number of nitrogens with zero attached hydrogens (tertiary/aromatic N) is 2. The molecular weight excluding hydrogens is 749 g/mol. The summed E-state index contributed by atoms with van der Waals surface area (Å²) in [4.78, 5) is 20.1. The average molecular weight is 810 g/mol. The van der Waals surface area contributed by atoms with E-state index in [-0.39, 0.29) is 17.3 Å². The fourth-order valence-corrected chi connectivity index (χ4v) is 10.4. The SMILES string of the molecule is CC(CCCN(C)CCc1cccc(F)c1)Oc1ccc2c(c1)C1(CCC(Nc3cccc(Cl)c3)(C(=O)O)CC1)[C@@H](C[C@@H](C)COc1ccnc3c1[C@H](C)CCC3)C2. The van der Waals surface area contributed by atoms with Crippen LogP contribution in [0.2, 0.25) is 5.02 Å². The molecule has 1 heterocycles. The van der Waals surface area contributed by atoms with Crippen LogP contribution in [0, 0.1) is 17.7 Å². The zero-order valence-electron chi connectivity index (χ0n) is 34.7. The monoisotopic (exact) mass is 809 g/mol. The second kappa shape index (κ2) is 18.4. The van der Waals surface area contributed by atoms with E-state index < -0.39 is 11.5 Å². The molecule has 3 aliphatic rings. The molecule has 7 nitrogen and oxygen atoms in total. The van der Waals surface area contributed by atoms with E-state index in [4.69, 9.17) is 21.1 Å². The summed E-state index contributed by atoms with van der Waals surface area (Å²) in [5.74, 6) is 1.96. The number of fused-ring (bicyclic) bond motifs is 3. The molecule has 0 aliphatic heterocycles. The Kier molecular flexibility index (Phi) is 13.3. The van der Waals surface area contributed by atoms with Gasteiger partial charge in [-0.05, 0) is 186 Å². The van der Waals surface area contributed by atoms with Crippen LogP contribution in [-0.2, 0) is 29.5 Å². The lowest BCUT2D eigenvalue weighted by atomic mass is 9.59. The first-order valence-corrected chi connectivity index (χ1v) is 21.9. The maximum Gasteiger partial charge on any atom is 0.329 e. The number of anilines is 1. The number of carbonyl (C=O) groups is 1. The third kappa shape index (κ3) is 9.66. The lowest BCUT2D eigenvalue weighted by molar-refractivity contribution is -0.144. The van der Waals surface area contributed by atoms with Crippen LogP contribution in [0.15, 0.2) is 79.0 Å². The van der Waals surface area contributed by atoms with Gasteiger partial charge in [0, 0.05) is 34.7 Å². The summed E-state index contributed by atoms with van der Waals surface area (Å²) >= 11 is 6.32. The highest BCUT2D eigenvalue weighted by molar-refractivity contribution is 6.30. The Balaban J connectivity index is 1.04. The van der Waals surface area contributed by atoms with Crippen LogP contribution in [0.25, 0.3) is 0 Å². The predicted octanol–water partition coefficient (Wildman–Crippen LogP) is 11.1. The van der Waals surface area contributed by atoms with Crippen LogP contribution in [0.1, 0.15) is 112 Å². The van der Waals surface area contributed by atoms with Crippen molar-refractivity contribution in [2.45, 2.75) is 121 Å². The summed E-state index contributed by atoms with van der Waals surface area (Å²) in [6.45, 7) is 9.18. The van der Waals surface area contributed by atoms with Gasteiger partial charge in [-0.3, -0.25) is 4.98 Å². The third-order valence-electron chi connectivity index (χ3n) is 13.4. The number of aliphatic carboxylic acids is 1. The molecule has 4 atom stereocenters. The number of nitrogens with one attached hydrogen (secondary N) is 1. The number of aryl methyl sites for hydroxylation is 1. The summed E-state index contributed by atoms with van der Waals surface area (Å²) in [5.41, 5.74) is 5.64. The molecule has 1 fully saturated rings. The van der Waals surface area contributed by atoms with Gasteiger partial charge in [-0.25, -0.2) is 9.18 Å². The van der Waals surface area contributed by atoms with Crippen molar-refractivity contribution in [1.82, 2.24) is 9.88 Å². The quantitative estimate of drug-likeness (QED) is 0.110. The number of aromatic nitrogens is 1. The molecule has 3 aromatic carbocycles. The van der Waals surface area contributed by atoms with E-state index >= 15 is 0 Å². The molecular formula is C49H61ClFN3O4. The fourth-order valence-electron chi connectivity index (χ4n) is 10.2. The number of likely N-dealkylation sites (N-methyl/N-ethyl adjacent to an activating group) is 1. The van der Waals surface area contributed by atoms with E-state index in [1.807, 2.05) is 36.5 Å². The number of hydrogen-bond acceptors (Lipinski definition) is 6. The van der Waals surface area contributed by atoms with Crippen LogP contribution in [0.4, 0.5) is 10.1 Å². The van der Waals surface area contributed by atoms with E-state index in [0.29, 0.717) is 42.2 Å². The Labute approximate surface area is 349 Å². The molecule has 4 aromatic rings. The van der Waals surface area contributed by atoms with Crippen molar-refractivity contribution >= 4 is 23.3 Å².